The van der Waals surface area contributed by atoms with Crippen LogP contribution < -0.4 is 11.1 Å². The van der Waals surface area contributed by atoms with Gasteiger partial charge < -0.3 is 16.0 Å². The first-order chi connectivity index (χ1) is 13.0. The summed E-state index contributed by atoms with van der Waals surface area (Å²) in [6.07, 6.45) is 6.85. The second-order valence-electron chi connectivity index (χ2n) is 7.25. The summed E-state index contributed by atoms with van der Waals surface area (Å²) in [4.78, 5) is 24.3. The Bertz CT molecular complexity index is 687. The number of nitro benzene ring substituents is 1. The Kier molecular flexibility index (Phi) is 6.87. The fourth-order valence-electron chi connectivity index (χ4n) is 3.69. The molecule has 1 fully saturated rings. The van der Waals surface area contributed by atoms with Gasteiger partial charge in [-0.1, -0.05) is 12.1 Å². The summed E-state index contributed by atoms with van der Waals surface area (Å²) in [5.41, 5.74) is 7.30. The number of carbonyl (C=O) groups excluding carboxylic acids is 1. The second kappa shape index (κ2) is 9.34. The predicted molar refractivity (Wildman–Crippen MR) is 107 cm³/mol. The Balaban J connectivity index is 1.37. The van der Waals surface area contributed by atoms with Gasteiger partial charge in [0.05, 0.1) is 16.8 Å². The minimum Gasteiger partial charge on any atom is -0.320 e. The molecule has 1 aliphatic heterocycles. The molecule has 1 aromatic carbocycles. The van der Waals surface area contributed by atoms with Gasteiger partial charge in [-0.15, -0.1) is 11.8 Å². The number of thioether (sulfide) groups is 1. The predicted octanol–water partition coefficient (Wildman–Crippen LogP) is 2.96. The topological polar surface area (TPSA) is 101 Å². The third-order valence-corrected chi connectivity index (χ3v) is 6.07. The van der Waals surface area contributed by atoms with Gasteiger partial charge in [-0.25, -0.2) is 0 Å². The van der Waals surface area contributed by atoms with Crippen LogP contribution in [0, 0.1) is 16.0 Å². The molecule has 0 spiro atoms. The fraction of sp³-hybridized carbons (Fsp3) is 0.526. The van der Waals surface area contributed by atoms with Crippen LogP contribution in [0.5, 0.6) is 0 Å². The lowest BCUT2D eigenvalue weighted by Crippen LogP contribution is -2.42. The van der Waals surface area contributed by atoms with Crippen molar-refractivity contribution in [2.45, 2.75) is 50.7 Å². The maximum Gasteiger partial charge on any atom is 0.269 e. The molecule has 0 saturated heterocycles. The first kappa shape index (κ1) is 19.9. The first-order valence-electron chi connectivity index (χ1n) is 9.34. The summed E-state index contributed by atoms with van der Waals surface area (Å²) in [6.45, 7) is 0.713. The standard InChI is InChI=1S/C19H26N4O3S/c20-18(19(24)22-9-10-27-13-22)11-14-1-5-16(6-2-14)21-12-15-3-7-17(8-4-15)23(25)26/h3-4,7-10,14,16,18,21H,1-2,5-6,11-13,20H2/t14-,16+,18?. The minimum atomic E-state index is -0.414. The lowest BCUT2D eigenvalue weighted by atomic mass is 9.82. The van der Waals surface area contributed by atoms with Gasteiger partial charge in [-0.05, 0) is 49.0 Å². The van der Waals surface area contributed by atoms with E-state index in [1.165, 1.54) is 0 Å². The lowest BCUT2D eigenvalue weighted by molar-refractivity contribution is -0.384. The van der Waals surface area contributed by atoms with E-state index < -0.39 is 6.04 Å². The molecule has 0 bridgehead atoms. The lowest BCUT2D eigenvalue weighted by Gasteiger charge is -2.31. The molecular formula is C19H26N4O3S. The molecule has 1 aliphatic carbocycles. The van der Waals surface area contributed by atoms with E-state index in [0.717, 1.165) is 37.7 Å². The zero-order valence-corrected chi connectivity index (χ0v) is 16.1. The molecule has 1 atom stereocenters. The smallest absolute Gasteiger partial charge is 0.269 e. The third kappa shape index (κ3) is 5.54. The molecule has 1 aromatic rings. The SMILES string of the molecule is NC(C[C@H]1CC[C@@H](NCc2ccc([N+](=O)[O-])cc2)CC1)C(=O)N1C=CSC1. The molecule has 7 nitrogen and oxygen atoms in total. The van der Waals surface area contributed by atoms with Gasteiger partial charge in [-0.2, -0.15) is 0 Å². The van der Waals surface area contributed by atoms with Gasteiger partial charge in [0, 0.05) is 30.9 Å². The summed E-state index contributed by atoms with van der Waals surface area (Å²) in [5, 5.41) is 16.2. The molecule has 0 aromatic heterocycles. The van der Waals surface area contributed by atoms with Crippen LogP contribution >= 0.6 is 11.8 Å². The maximum atomic E-state index is 12.3. The Morgan fingerprint density at radius 2 is 2.00 bits per heavy atom. The number of hydrogen-bond acceptors (Lipinski definition) is 6. The number of carbonyl (C=O) groups is 1. The summed E-state index contributed by atoms with van der Waals surface area (Å²) in [5.74, 6) is 1.20. The number of nitrogens with two attached hydrogens (primary N) is 1. The molecule has 27 heavy (non-hydrogen) atoms. The third-order valence-electron chi connectivity index (χ3n) is 5.33. The van der Waals surface area contributed by atoms with Gasteiger partial charge in [0.2, 0.25) is 5.91 Å². The van der Waals surface area contributed by atoms with Gasteiger partial charge in [0.15, 0.2) is 0 Å². The van der Waals surface area contributed by atoms with Crippen LogP contribution in [0.15, 0.2) is 35.9 Å². The van der Waals surface area contributed by atoms with Crippen LogP contribution in [0.1, 0.15) is 37.7 Å². The number of amides is 1. The zero-order valence-electron chi connectivity index (χ0n) is 15.3. The van der Waals surface area contributed by atoms with E-state index in [1.807, 2.05) is 11.6 Å². The maximum absolute atomic E-state index is 12.3. The van der Waals surface area contributed by atoms with Gasteiger partial charge in [-0.3, -0.25) is 14.9 Å². The van der Waals surface area contributed by atoms with Crippen molar-refractivity contribution in [1.82, 2.24) is 10.2 Å². The molecule has 2 aliphatic rings. The number of nitrogens with zero attached hydrogens (tertiary/aromatic N) is 2. The summed E-state index contributed by atoms with van der Waals surface area (Å²) >= 11 is 1.61. The number of hydrogen-bond donors (Lipinski definition) is 2. The Morgan fingerprint density at radius 3 is 2.59 bits per heavy atom. The highest BCUT2D eigenvalue weighted by molar-refractivity contribution is 8.02. The Morgan fingerprint density at radius 1 is 1.30 bits per heavy atom. The number of nitrogens with one attached hydrogen (secondary N) is 1. The molecule has 3 rings (SSSR count). The summed E-state index contributed by atoms with van der Waals surface area (Å²) in [7, 11) is 0. The molecule has 1 amide bonds. The summed E-state index contributed by atoms with van der Waals surface area (Å²) < 4.78 is 0. The highest BCUT2D eigenvalue weighted by atomic mass is 32.2. The number of nitro groups is 1. The van der Waals surface area contributed by atoms with Crippen molar-refractivity contribution in [3.05, 3.63) is 51.6 Å². The van der Waals surface area contributed by atoms with E-state index in [2.05, 4.69) is 5.32 Å². The molecule has 1 heterocycles. The van der Waals surface area contributed by atoms with Crippen molar-refractivity contribution in [2.24, 2.45) is 11.7 Å². The van der Waals surface area contributed by atoms with E-state index >= 15 is 0 Å². The van der Waals surface area contributed by atoms with Crippen LogP contribution in [-0.4, -0.2) is 33.7 Å². The highest BCUT2D eigenvalue weighted by Crippen LogP contribution is 2.28. The molecule has 0 radical (unpaired) electrons. The average Bonchev–Trinajstić information content (AvgIpc) is 3.22. The molecule has 146 valence electrons. The van der Waals surface area contributed by atoms with E-state index in [1.54, 1.807) is 40.9 Å². The van der Waals surface area contributed by atoms with Gasteiger partial charge in [0.25, 0.3) is 5.69 Å². The average molecular weight is 391 g/mol. The normalized spacial score (nSPS) is 23.4. The molecule has 1 unspecified atom stereocenters. The fourth-order valence-corrected chi connectivity index (χ4v) is 4.39. The van der Waals surface area contributed by atoms with Crippen LogP contribution in [0.2, 0.25) is 0 Å². The van der Waals surface area contributed by atoms with Crippen LogP contribution in [0.4, 0.5) is 5.69 Å². The first-order valence-corrected chi connectivity index (χ1v) is 10.4. The van der Waals surface area contributed by atoms with E-state index in [-0.39, 0.29) is 16.5 Å². The van der Waals surface area contributed by atoms with Crippen molar-refractivity contribution >= 4 is 23.4 Å². The summed E-state index contributed by atoms with van der Waals surface area (Å²) in [6, 6.07) is 6.71. The quantitative estimate of drug-likeness (QED) is 0.548. The van der Waals surface area contributed by atoms with E-state index in [0.29, 0.717) is 24.4 Å². The Hall–Kier alpha value is -1.90. The Labute approximate surface area is 163 Å². The molecule has 3 N–H and O–H groups in total. The monoisotopic (exact) mass is 390 g/mol. The van der Waals surface area contributed by atoms with Crippen molar-refractivity contribution in [1.29, 1.82) is 0 Å². The van der Waals surface area contributed by atoms with Crippen molar-refractivity contribution in [2.75, 3.05) is 5.88 Å². The molecular weight excluding hydrogens is 364 g/mol. The van der Waals surface area contributed by atoms with Gasteiger partial charge in [0.1, 0.15) is 0 Å². The largest absolute Gasteiger partial charge is 0.320 e. The van der Waals surface area contributed by atoms with Crippen LogP contribution in [-0.2, 0) is 11.3 Å². The second-order valence-corrected chi connectivity index (χ2v) is 8.12. The number of benzene rings is 1. The van der Waals surface area contributed by atoms with Crippen LogP contribution in [0.25, 0.3) is 0 Å². The number of non-ortho nitro benzene ring substituents is 1. The minimum absolute atomic E-state index is 0.0228. The zero-order chi connectivity index (χ0) is 19.2. The van der Waals surface area contributed by atoms with Crippen LogP contribution in [0.3, 0.4) is 0 Å². The van der Waals surface area contributed by atoms with Crippen molar-refractivity contribution < 1.29 is 9.72 Å². The molecule has 1 saturated carbocycles. The van der Waals surface area contributed by atoms with Crippen molar-refractivity contribution in [3.63, 3.8) is 0 Å². The highest BCUT2D eigenvalue weighted by Gasteiger charge is 2.27. The van der Waals surface area contributed by atoms with Crippen molar-refractivity contribution in [3.8, 4) is 0 Å². The molecule has 8 heteroatoms. The van der Waals surface area contributed by atoms with E-state index in [9.17, 15) is 14.9 Å². The number of rotatable bonds is 7. The van der Waals surface area contributed by atoms with Gasteiger partial charge >= 0.3 is 0 Å². The van der Waals surface area contributed by atoms with E-state index in [4.69, 9.17) is 5.73 Å².